The third kappa shape index (κ3) is 3.85. The van der Waals surface area contributed by atoms with Gasteiger partial charge in [-0.25, -0.2) is 0 Å². The van der Waals surface area contributed by atoms with E-state index in [1.165, 1.54) is 0 Å². The van der Waals surface area contributed by atoms with Crippen LogP contribution in [0.15, 0.2) is 18.2 Å². The van der Waals surface area contributed by atoms with Gasteiger partial charge in [-0.05, 0) is 12.1 Å². The average Bonchev–Trinajstić information content (AvgIpc) is 2.45. The molecule has 2 rings (SSSR count). The van der Waals surface area contributed by atoms with Crippen molar-refractivity contribution in [2.24, 2.45) is 0 Å². The van der Waals surface area contributed by atoms with Gasteiger partial charge >= 0.3 is 0 Å². The van der Waals surface area contributed by atoms with Crippen LogP contribution in [0.5, 0.6) is 0 Å². The summed E-state index contributed by atoms with van der Waals surface area (Å²) < 4.78 is 5.01. The minimum atomic E-state index is 0.0505. The third-order valence-corrected chi connectivity index (χ3v) is 3.61. The van der Waals surface area contributed by atoms with Crippen molar-refractivity contribution in [1.29, 1.82) is 0 Å². The number of rotatable bonds is 6. The number of anilines is 1. The number of amides is 1. The molecule has 1 aromatic carbocycles. The topological polar surface area (TPSA) is 53.6 Å². The number of piperazine rings is 1. The lowest BCUT2D eigenvalue weighted by molar-refractivity contribution is -0.120. The number of carbonyl (C=O) groups is 1. The molecule has 1 aromatic rings. The Morgan fingerprint density at radius 3 is 3.10 bits per heavy atom. The third-order valence-electron chi connectivity index (χ3n) is 3.26. The van der Waals surface area contributed by atoms with Gasteiger partial charge in [0.05, 0.1) is 13.2 Å². The molecule has 110 valence electrons. The van der Waals surface area contributed by atoms with E-state index in [9.17, 15) is 4.79 Å². The highest BCUT2D eigenvalue weighted by Gasteiger charge is 2.19. The van der Waals surface area contributed by atoms with Crippen LogP contribution in [0.3, 0.4) is 0 Å². The van der Waals surface area contributed by atoms with Crippen molar-refractivity contribution in [3.05, 3.63) is 28.8 Å². The summed E-state index contributed by atoms with van der Waals surface area (Å²) in [5.41, 5.74) is 2.05. The zero-order chi connectivity index (χ0) is 14.4. The number of halogens is 1. The summed E-state index contributed by atoms with van der Waals surface area (Å²) in [4.78, 5) is 13.6. The van der Waals surface area contributed by atoms with Gasteiger partial charge in [0.2, 0.25) is 5.91 Å². The molecule has 1 fully saturated rings. The Bertz CT molecular complexity index is 468. The number of carbonyl (C=O) groups excluding carboxylic acids is 1. The van der Waals surface area contributed by atoms with Crippen LogP contribution in [0, 0.1) is 0 Å². The maximum absolute atomic E-state index is 11.5. The SMILES string of the molecule is COCCNCc1c(Cl)cccc1N1CCNC(=O)C1. The molecule has 0 atom stereocenters. The summed E-state index contributed by atoms with van der Waals surface area (Å²) in [6.45, 7) is 3.94. The number of ether oxygens (including phenoxy) is 1. The number of benzene rings is 1. The Balaban J connectivity index is 2.10. The number of nitrogens with zero attached hydrogens (tertiary/aromatic N) is 1. The van der Waals surface area contributed by atoms with Gasteiger partial charge in [-0.1, -0.05) is 17.7 Å². The predicted octanol–water partition coefficient (Wildman–Crippen LogP) is 1.01. The standard InChI is InChI=1S/C14H20ClN3O2/c1-20-8-6-16-9-11-12(15)3-2-4-13(11)18-7-5-17-14(19)10-18/h2-4,16H,5-10H2,1H3,(H,17,19). The quantitative estimate of drug-likeness (QED) is 0.770. The van der Waals surface area contributed by atoms with Crippen molar-refractivity contribution in [3.8, 4) is 0 Å². The van der Waals surface area contributed by atoms with E-state index in [1.54, 1.807) is 7.11 Å². The van der Waals surface area contributed by atoms with Crippen LogP contribution in [0.2, 0.25) is 5.02 Å². The Labute approximate surface area is 124 Å². The zero-order valence-electron chi connectivity index (χ0n) is 11.6. The van der Waals surface area contributed by atoms with Gasteiger partial charge < -0.3 is 20.3 Å². The summed E-state index contributed by atoms with van der Waals surface area (Å²) in [6, 6.07) is 5.81. The summed E-state index contributed by atoms with van der Waals surface area (Å²) >= 11 is 6.30. The zero-order valence-corrected chi connectivity index (χ0v) is 12.4. The second kappa shape index (κ2) is 7.47. The van der Waals surface area contributed by atoms with E-state index in [0.29, 0.717) is 26.2 Å². The molecule has 2 N–H and O–H groups in total. The van der Waals surface area contributed by atoms with E-state index < -0.39 is 0 Å². The monoisotopic (exact) mass is 297 g/mol. The van der Waals surface area contributed by atoms with Crippen LogP contribution in [-0.4, -0.2) is 45.8 Å². The largest absolute Gasteiger partial charge is 0.383 e. The Morgan fingerprint density at radius 1 is 1.50 bits per heavy atom. The molecule has 5 nitrogen and oxygen atoms in total. The van der Waals surface area contributed by atoms with Crippen molar-refractivity contribution >= 4 is 23.2 Å². The highest BCUT2D eigenvalue weighted by Crippen LogP contribution is 2.27. The lowest BCUT2D eigenvalue weighted by Crippen LogP contribution is -2.48. The van der Waals surface area contributed by atoms with E-state index in [0.717, 1.165) is 29.4 Å². The summed E-state index contributed by atoms with van der Waals surface area (Å²) in [5, 5.41) is 6.85. The van der Waals surface area contributed by atoms with Crippen LogP contribution in [0.1, 0.15) is 5.56 Å². The molecule has 20 heavy (non-hydrogen) atoms. The Kier molecular flexibility index (Phi) is 5.64. The first kappa shape index (κ1) is 15.1. The van der Waals surface area contributed by atoms with E-state index in [-0.39, 0.29) is 5.91 Å². The fraction of sp³-hybridized carbons (Fsp3) is 0.500. The van der Waals surface area contributed by atoms with E-state index in [2.05, 4.69) is 15.5 Å². The Hall–Kier alpha value is -1.30. The van der Waals surface area contributed by atoms with E-state index in [4.69, 9.17) is 16.3 Å². The molecule has 0 aromatic heterocycles. The number of hydrogen-bond donors (Lipinski definition) is 2. The second-order valence-corrected chi connectivity index (χ2v) is 5.09. The normalized spacial score (nSPS) is 15.3. The molecule has 1 heterocycles. The smallest absolute Gasteiger partial charge is 0.239 e. The fourth-order valence-corrected chi connectivity index (χ4v) is 2.49. The molecule has 0 saturated carbocycles. The average molecular weight is 298 g/mol. The summed E-state index contributed by atoms with van der Waals surface area (Å²) in [5.74, 6) is 0.0505. The predicted molar refractivity (Wildman–Crippen MR) is 80.3 cm³/mol. The molecule has 1 aliphatic heterocycles. The van der Waals surface area contributed by atoms with Crippen LogP contribution >= 0.6 is 11.6 Å². The van der Waals surface area contributed by atoms with E-state index in [1.807, 2.05) is 18.2 Å². The van der Waals surface area contributed by atoms with Crippen LogP contribution in [0.25, 0.3) is 0 Å². The summed E-state index contributed by atoms with van der Waals surface area (Å²) in [7, 11) is 1.68. The highest BCUT2D eigenvalue weighted by atomic mass is 35.5. The maximum atomic E-state index is 11.5. The van der Waals surface area contributed by atoms with Crippen LogP contribution in [0.4, 0.5) is 5.69 Å². The van der Waals surface area contributed by atoms with Crippen LogP contribution < -0.4 is 15.5 Å². The van der Waals surface area contributed by atoms with Crippen molar-refractivity contribution in [2.75, 3.05) is 44.8 Å². The first-order valence-corrected chi connectivity index (χ1v) is 7.09. The first-order valence-electron chi connectivity index (χ1n) is 6.71. The first-order chi connectivity index (χ1) is 9.72. The highest BCUT2D eigenvalue weighted by molar-refractivity contribution is 6.31. The van der Waals surface area contributed by atoms with Gasteiger partial charge in [0.1, 0.15) is 0 Å². The van der Waals surface area contributed by atoms with Crippen molar-refractivity contribution < 1.29 is 9.53 Å². The van der Waals surface area contributed by atoms with Crippen LogP contribution in [-0.2, 0) is 16.1 Å². The minimum absolute atomic E-state index is 0.0505. The molecular formula is C14H20ClN3O2. The van der Waals surface area contributed by atoms with Gasteiger partial charge in [0.15, 0.2) is 0 Å². The molecule has 1 saturated heterocycles. The minimum Gasteiger partial charge on any atom is -0.383 e. The number of methoxy groups -OCH3 is 1. The molecule has 1 aliphatic rings. The molecule has 0 radical (unpaired) electrons. The van der Waals surface area contributed by atoms with Crippen molar-refractivity contribution in [2.45, 2.75) is 6.54 Å². The molecule has 0 spiro atoms. The van der Waals surface area contributed by atoms with Gasteiger partial charge in [-0.2, -0.15) is 0 Å². The van der Waals surface area contributed by atoms with E-state index >= 15 is 0 Å². The van der Waals surface area contributed by atoms with Gasteiger partial charge in [0.25, 0.3) is 0 Å². The lowest BCUT2D eigenvalue weighted by atomic mass is 10.1. The van der Waals surface area contributed by atoms with Crippen molar-refractivity contribution in [3.63, 3.8) is 0 Å². The molecule has 0 aliphatic carbocycles. The Morgan fingerprint density at radius 2 is 2.35 bits per heavy atom. The van der Waals surface area contributed by atoms with Gasteiger partial charge in [-0.3, -0.25) is 4.79 Å². The number of hydrogen-bond acceptors (Lipinski definition) is 4. The fourth-order valence-electron chi connectivity index (χ4n) is 2.25. The molecule has 0 bridgehead atoms. The lowest BCUT2D eigenvalue weighted by Gasteiger charge is -2.30. The number of nitrogens with one attached hydrogen (secondary N) is 2. The molecule has 0 unspecified atom stereocenters. The summed E-state index contributed by atoms with van der Waals surface area (Å²) in [6.07, 6.45) is 0. The molecular weight excluding hydrogens is 278 g/mol. The van der Waals surface area contributed by atoms with Gasteiger partial charge in [-0.15, -0.1) is 0 Å². The molecule has 6 heteroatoms. The second-order valence-electron chi connectivity index (χ2n) is 4.68. The van der Waals surface area contributed by atoms with Gasteiger partial charge in [0, 0.05) is 49.6 Å². The maximum Gasteiger partial charge on any atom is 0.239 e. The van der Waals surface area contributed by atoms with Crippen molar-refractivity contribution in [1.82, 2.24) is 10.6 Å². The molecule has 1 amide bonds.